The van der Waals surface area contributed by atoms with Gasteiger partial charge < -0.3 is 15.5 Å². The number of benzene rings is 2. The Hall–Kier alpha value is -3.34. The van der Waals surface area contributed by atoms with Crippen LogP contribution in [0.2, 0.25) is 0 Å². The molecule has 0 atom stereocenters. The first kappa shape index (κ1) is 18.0. The minimum absolute atomic E-state index is 0.165. The van der Waals surface area contributed by atoms with Crippen LogP contribution < -0.4 is 15.5 Å². The number of aromatic nitrogens is 1. The average Bonchev–Trinajstić information content (AvgIpc) is 2.77. The summed E-state index contributed by atoms with van der Waals surface area (Å²) in [6.07, 6.45) is 5.61. The molecule has 0 unspecified atom stereocenters. The lowest BCUT2D eigenvalue weighted by atomic mass is 10.1. The fourth-order valence-electron chi connectivity index (χ4n) is 3.39. The van der Waals surface area contributed by atoms with Gasteiger partial charge in [-0.05, 0) is 67.8 Å². The third-order valence-electron chi connectivity index (χ3n) is 4.92. The molecule has 3 aromatic rings. The van der Waals surface area contributed by atoms with Crippen LogP contribution >= 0.6 is 0 Å². The highest BCUT2D eigenvalue weighted by Crippen LogP contribution is 2.24. The monoisotopic (exact) mass is 372 g/mol. The Morgan fingerprint density at radius 1 is 0.821 bits per heavy atom. The largest absolute Gasteiger partial charge is 0.372 e. The zero-order chi connectivity index (χ0) is 19.2. The number of nitrogens with zero attached hydrogens (tertiary/aromatic N) is 2. The summed E-state index contributed by atoms with van der Waals surface area (Å²) in [6, 6.07) is 21.3. The molecule has 28 heavy (non-hydrogen) atoms. The maximum atomic E-state index is 12.2. The Bertz CT molecular complexity index is 902. The van der Waals surface area contributed by atoms with Gasteiger partial charge in [0.1, 0.15) is 5.82 Å². The first-order chi connectivity index (χ1) is 13.8. The zero-order valence-corrected chi connectivity index (χ0v) is 15.8. The Balaban J connectivity index is 1.36. The van der Waals surface area contributed by atoms with E-state index < -0.39 is 0 Å². The summed E-state index contributed by atoms with van der Waals surface area (Å²) in [6.45, 7) is 2.29. The highest BCUT2D eigenvalue weighted by atomic mass is 16.1. The topological polar surface area (TPSA) is 57.3 Å². The summed E-state index contributed by atoms with van der Waals surface area (Å²) in [5, 5.41) is 6.16. The molecule has 142 valence electrons. The molecule has 1 aliphatic heterocycles. The minimum atomic E-state index is -0.165. The van der Waals surface area contributed by atoms with Gasteiger partial charge in [-0.3, -0.25) is 4.79 Å². The molecule has 0 spiro atoms. The van der Waals surface area contributed by atoms with Gasteiger partial charge in [0, 0.05) is 30.0 Å². The van der Waals surface area contributed by atoms with Crippen LogP contribution in [0.5, 0.6) is 0 Å². The number of pyridine rings is 1. The standard InChI is InChI=1S/C23H24N4O/c28-23(18-7-3-1-4-8-18)26-22-14-11-20(17-24-22)25-19-9-12-21(13-10-19)27-15-5-2-6-16-27/h1,3-4,7-14,17,25H,2,5-6,15-16H2,(H,24,26,28). The number of hydrogen-bond acceptors (Lipinski definition) is 4. The SMILES string of the molecule is O=C(Nc1ccc(Nc2ccc(N3CCCCC3)cc2)cn1)c1ccccc1. The third kappa shape index (κ3) is 4.49. The van der Waals surface area contributed by atoms with Crippen molar-refractivity contribution in [1.82, 2.24) is 4.98 Å². The predicted molar refractivity (Wildman–Crippen MR) is 114 cm³/mol. The number of carbonyl (C=O) groups excluding carboxylic acids is 1. The van der Waals surface area contributed by atoms with Crippen LogP contribution in [0.1, 0.15) is 29.6 Å². The zero-order valence-electron chi connectivity index (χ0n) is 15.8. The van der Waals surface area contributed by atoms with Crippen molar-refractivity contribution < 1.29 is 4.79 Å². The van der Waals surface area contributed by atoms with Gasteiger partial charge in [-0.15, -0.1) is 0 Å². The quantitative estimate of drug-likeness (QED) is 0.657. The first-order valence-electron chi connectivity index (χ1n) is 9.72. The van der Waals surface area contributed by atoms with E-state index in [2.05, 4.69) is 44.8 Å². The van der Waals surface area contributed by atoms with Crippen molar-refractivity contribution in [2.24, 2.45) is 0 Å². The molecule has 0 aliphatic carbocycles. The molecule has 0 saturated carbocycles. The fraction of sp³-hybridized carbons (Fsp3) is 0.217. The van der Waals surface area contributed by atoms with Crippen molar-refractivity contribution in [3.63, 3.8) is 0 Å². The maximum absolute atomic E-state index is 12.2. The van der Waals surface area contributed by atoms with Gasteiger partial charge in [0.2, 0.25) is 0 Å². The molecule has 5 heteroatoms. The van der Waals surface area contributed by atoms with Crippen molar-refractivity contribution >= 4 is 28.8 Å². The van der Waals surface area contributed by atoms with E-state index in [0.717, 1.165) is 24.5 Å². The van der Waals surface area contributed by atoms with Crippen molar-refractivity contribution in [3.05, 3.63) is 78.5 Å². The van der Waals surface area contributed by atoms with Crippen LogP contribution in [0.25, 0.3) is 0 Å². The smallest absolute Gasteiger partial charge is 0.256 e. The minimum Gasteiger partial charge on any atom is -0.372 e. The predicted octanol–water partition coefficient (Wildman–Crippen LogP) is 5.07. The number of piperidine rings is 1. The second-order valence-electron chi connectivity index (χ2n) is 6.97. The van der Waals surface area contributed by atoms with Gasteiger partial charge in [0.05, 0.1) is 11.9 Å². The highest BCUT2D eigenvalue weighted by Gasteiger charge is 2.10. The van der Waals surface area contributed by atoms with Crippen LogP contribution in [-0.2, 0) is 0 Å². The van der Waals surface area contributed by atoms with E-state index in [-0.39, 0.29) is 5.91 Å². The van der Waals surface area contributed by atoms with Gasteiger partial charge >= 0.3 is 0 Å². The molecule has 1 aromatic heterocycles. The molecular formula is C23H24N4O. The summed E-state index contributed by atoms with van der Waals surface area (Å²) in [5.41, 5.74) is 3.79. The van der Waals surface area contributed by atoms with Crippen LogP contribution in [-0.4, -0.2) is 24.0 Å². The fourth-order valence-corrected chi connectivity index (χ4v) is 3.39. The van der Waals surface area contributed by atoms with Crippen molar-refractivity contribution in [3.8, 4) is 0 Å². The Morgan fingerprint density at radius 2 is 1.54 bits per heavy atom. The van der Waals surface area contributed by atoms with Crippen LogP contribution in [0, 0.1) is 0 Å². The summed E-state index contributed by atoms with van der Waals surface area (Å²) in [7, 11) is 0. The van der Waals surface area contributed by atoms with E-state index in [1.165, 1.54) is 24.9 Å². The number of rotatable bonds is 5. The Morgan fingerprint density at radius 3 is 2.21 bits per heavy atom. The molecule has 0 radical (unpaired) electrons. The van der Waals surface area contributed by atoms with E-state index in [0.29, 0.717) is 11.4 Å². The number of carbonyl (C=O) groups is 1. The van der Waals surface area contributed by atoms with Crippen molar-refractivity contribution in [2.45, 2.75) is 19.3 Å². The Kier molecular flexibility index (Phi) is 5.52. The van der Waals surface area contributed by atoms with Crippen LogP contribution in [0.15, 0.2) is 72.9 Å². The second-order valence-corrected chi connectivity index (χ2v) is 6.97. The normalized spacial score (nSPS) is 13.8. The van der Waals surface area contributed by atoms with Crippen LogP contribution in [0.4, 0.5) is 22.9 Å². The molecule has 1 amide bonds. The summed E-state index contributed by atoms with van der Waals surface area (Å²) in [4.78, 5) is 19.0. The van der Waals surface area contributed by atoms with E-state index in [4.69, 9.17) is 0 Å². The van der Waals surface area contributed by atoms with Crippen molar-refractivity contribution in [1.29, 1.82) is 0 Å². The lowest BCUT2D eigenvalue weighted by Gasteiger charge is -2.28. The van der Waals surface area contributed by atoms with Crippen LogP contribution in [0.3, 0.4) is 0 Å². The molecule has 2 aromatic carbocycles. The summed E-state index contributed by atoms with van der Waals surface area (Å²) >= 11 is 0. The van der Waals surface area contributed by atoms with Gasteiger partial charge in [-0.25, -0.2) is 4.98 Å². The average molecular weight is 372 g/mol. The van der Waals surface area contributed by atoms with Gasteiger partial charge in [0.25, 0.3) is 5.91 Å². The van der Waals surface area contributed by atoms with E-state index in [1.54, 1.807) is 24.4 Å². The third-order valence-corrected chi connectivity index (χ3v) is 4.92. The van der Waals surface area contributed by atoms with Gasteiger partial charge in [0.15, 0.2) is 0 Å². The molecule has 1 saturated heterocycles. The lowest BCUT2D eigenvalue weighted by Crippen LogP contribution is -2.29. The Labute approximate surface area is 165 Å². The summed E-state index contributed by atoms with van der Waals surface area (Å²) < 4.78 is 0. The number of anilines is 4. The van der Waals surface area contributed by atoms with Gasteiger partial charge in [-0.1, -0.05) is 18.2 Å². The first-order valence-corrected chi connectivity index (χ1v) is 9.72. The maximum Gasteiger partial charge on any atom is 0.256 e. The molecule has 2 heterocycles. The highest BCUT2D eigenvalue weighted by molar-refractivity contribution is 6.03. The van der Waals surface area contributed by atoms with E-state index >= 15 is 0 Å². The number of amides is 1. The molecule has 0 bridgehead atoms. The molecule has 2 N–H and O–H groups in total. The molecular weight excluding hydrogens is 348 g/mol. The second kappa shape index (κ2) is 8.57. The van der Waals surface area contributed by atoms with E-state index in [1.807, 2.05) is 24.3 Å². The molecule has 1 aliphatic rings. The molecule has 1 fully saturated rings. The van der Waals surface area contributed by atoms with E-state index in [9.17, 15) is 4.79 Å². The number of nitrogens with one attached hydrogen (secondary N) is 2. The van der Waals surface area contributed by atoms with Crippen molar-refractivity contribution in [2.75, 3.05) is 28.6 Å². The van der Waals surface area contributed by atoms with Gasteiger partial charge in [-0.2, -0.15) is 0 Å². The molecule has 4 rings (SSSR count). The number of hydrogen-bond donors (Lipinski definition) is 2. The lowest BCUT2D eigenvalue weighted by molar-refractivity contribution is 0.102. The summed E-state index contributed by atoms with van der Waals surface area (Å²) in [5.74, 6) is 0.363. The molecule has 5 nitrogen and oxygen atoms in total.